The van der Waals surface area contributed by atoms with E-state index >= 15 is 0 Å². The molecule has 5 rings (SSSR count). The van der Waals surface area contributed by atoms with Gasteiger partial charge in [-0.3, -0.25) is 0 Å². The van der Waals surface area contributed by atoms with Crippen molar-refractivity contribution < 1.29 is 0 Å². The van der Waals surface area contributed by atoms with Crippen LogP contribution in [-0.4, -0.2) is 0 Å². The SMILES string of the molecule is Brc1ccc2c(c1)-c1ccccc1C21CC2CCC1C2. The molecular formula is C19H17Br. The summed E-state index contributed by atoms with van der Waals surface area (Å²) in [6.07, 6.45) is 5.71. The molecular weight excluding hydrogens is 308 g/mol. The summed E-state index contributed by atoms with van der Waals surface area (Å²) in [7, 11) is 0. The smallest absolute Gasteiger partial charge is 0.0246 e. The first kappa shape index (κ1) is 11.6. The summed E-state index contributed by atoms with van der Waals surface area (Å²) < 4.78 is 1.20. The Balaban J connectivity index is 1.86. The van der Waals surface area contributed by atoms with Gasteiger partial charge in [0.15, 0.2) is 0 Å². The first-order valence-corrected chi connectivity index (χ1v) is 8.48. The second-order valence-electron chi connectivity index (χ2n) is 6.79. The molecule has 0 N–H and O–H groups in total. The van der Waals surface area contributed by atoms with E-state index in [0.717, 1.165) is 11.8 Å². The lowest BCUT2D eigenvalue weighted by molar-refractivity contribution is 0.327. The highest BCUT2D eigenvalue weighted by Gasteiger charge is 2.56. The molecule has 0 aliphatic heterocycles. The molecule has 2 aromatic carbocycles. The van der Waals surface area contributed by atoms with E-state index in [0.29, 0.717) is 5.41 Å². The van der Waals surface area contributed by atoms with E-state index in [2.05, 4.69) is 58.4 Å². The fourth-order valence-corrected chi connectivity index (χ4v) is 5.73. The normalized spacial score (nSPS) is 32.6. The van der Waals surface area contributed by atoms with Gasteiger partial charge in [0.2, 0.25) is 0 Å². The Morgan fingerprint density at radius 1 is 0.950 bits per heavy atom. The number of hydrogen-bond acceptors (Lipinski definition) is 0. The zero-order valence-corrected chi connectivity index (χ0v) is 13.0. The van der Waals surface area contributed by atoms with Crippen LogP contribution >= 0.6 is 15.9 Å². The predicted molar refractivity (Wildman–Crippen MR) is 85.8 cm³/mol. The third-order valence-electron chi connectivity index (χ3n) is 6.01. The Bertz CT molecular complexity index is 717. The van der Waals surface area contributed by atoms with Crippen molar-refractivity contribution in [3.05, 3.63) is 58.1 Å². The lowest BCUT2D eigenvalue weighted by Crippen LogP contribution is -2.31. The van der Waals surface area contributed by atoms with E-state index in [-0.39, 0.29) is 0 Å². The van der Waals surface area contributed by atoms with Gasteiger partial charge in [0.1, 0.15) is 0 Å². The molecule has 2 fully saturated rings. The van der Waals surface area contributed by atoms with Gasteiger partial charge in [0.25, 0.3) is 0 Å². The van der Waals surface area contributed by atoms with Gasteiger partial charge in [0.05, 0.1) is 0 Å². The van der Waals surface area contributed by atoms with Gasteiger partial charge < -0.3 is 0 Å². The predicted octanol–water partition coefficient (Wildman–Crippen LogP) is 5.54. The minimum Gasteiger partial charge on any atom is -0.0619 e. The summed E-state index contributed by atoms with van der Waals surface area (Å²) in [4.78, 5) is 0. The first-order chi connectivity index (χ1) is 9.79. The van der Waals surface area contributed by atoms with Gasteiger partial charge in [0, 0.05) is 9.89 Å². The molecule has 1 spiro atoms. The van der Waals surface area contributed by atoms with Crippen LogP contribution in [0.1, 0.15) is 36.8 Å². The molecule has 3 unspecified atom stereocenters. The molecule has 2 saturated carbocycles. The van der Waals surface area contributed by atoms with Crippen molar-refractivity contribution in [1.29, 1.82) is 0 Å². The van der Waals surface area contributed by atoms with E-state index in [4.69, 9.17) is 0 Å². The van der Waals surface area contributed by atoms with Crippen LogP contribution < -0.4 is 0 Å². The lowest BCUT2D eigenvalue weighted by atomic mass is 9.67. The summed E-state index contributed by atoms with van der Waals surface area (Å²) in [5.74, 6) is 1.83. The molecule has 3 aliphatic rings. The monoisotopic (exact) mass is 324 g/mol. The fraction of sp³-hybridized carbons (Fsp3) is 0.368. The Morgan fingerprint density at radius 2 is 1.80 bits per heavy atom. The van der Waals surface area contributed by atoms with E-state index in [9.17, 15) is 0 Å². The van der Waals surface area contributed by atoms with Crippen molar-refractivity contribution >= 4 is 15.9 Å². The van der Waals surface area contributed by atoms with Crippen LogP contribution in [0.25, 0.3) is 11.1 Å². The van der Waals surface area contributed by atoms with Crippen molar-refractivity contribution in [1.82, 2.24) is 0 Å². The molecule has 100 valence electrons. The second-order valence-corrected chi connectivity index (χ2v) is 7.70. The molecule has 0 aromatic heterocycles. The minimum absolute atomic E-state index is 0.343. The summed E-state index contributed by atoms with van der Waals surface area (Å²) in [5.41, 5.74) is 6.52. The second kappa shape index (κ2) is 3.76. The molecule has 0 radical (unpaired) electrons. The van der Waals surface area contributed by atoms with Crippen LogP contribution in [0.3, 0.4) is 0 Å². The zero-order valence-electron chi connectivity index (χ0n) is 11.4. The van der Waals surface area contributed by atoms with Gasteiger partial charge in [-0.25, -0.2) is 0 Å². The molecule has 0 saturated heterocycles. The van der Waals surface area contributed by atoms with Crippen LogP contribution in [0.15, 0.2) is 46.9 Å². The number of halogens is 1. The standard InChI is InChI=1S/C19H17Br/c20-14-7-8-18-16(10-14)15-3-1-2-4-17(15)19(18)11-12-5-6-13(19)9-12/h1-4,7-8,10,12-13H,5-6,9,11H2. The van der Waals surface area contributed by atoms with Crippen molar-refractivity contribution in [2.75, 3.05) is 0 Å². The quantitative estimate of drug-likeness (QED) is 0.597. The minimum atomic E-state index is 0.343. The van der Waals surface area contributed by atoms with E-state index in [1.54, 1.807) is 11.1 Å². The van der Waals surface area contributed by atoms with E-state index < -0.39 is 0 Å². The molecule has 0 heterocycles. The third-order valence-corrected chi connectivity index (χ3v) is 6.50. The van der Waals surface area contributed by atoms with E-state index in [1.165, 1.54) is 41.3 Å². The summed E-state index contributed by atoms with van der Waals surface area (Å²) in [6, 6.07) is 16.1. The Morgan fingerprint density at radius 3 is 2.60 bits per heavy atom. The number of hydrogen-bond donors (Lipinski definition) is 0. The van der Waals surface area contributed by atoms with Gasteiger partial charge >= 0.3 is 0 Å². The molecule has 2 aromatic rings. The summed E-state index contributed by atoms with van der Waals surface area (Å²) >= 11 is 3.65. The molecule has 0 nitrogen and oxygen atoms in total. The highest BCUT2D eigenvalue weighted by molar-refractivity contribution is 9.10. The van der Waals surface area contributed by atoms with Gasteiger partial charge in [-0.15, -0.1) is 0 Å². The average molecular weight is 325 g/mol. The lowest BCUT2D eigenvalue weighted by Gasteiger charge is -2.36. The van der Waals surface area contributed by atoms with E-state index in [1.807, 2.05) is 0 Å². The Hall–Kier alpha value is -1.08. The number of benzene rings is 2. The molecule has 1 heteroatoms. The van der Waals surface area contributed by atoms with Crippen LogP contribution in [0.5, 0.6) is 0 Å². The topological polar surface area (TPSA) is 0 Å². The largest absolute Gasteiger partial charge is 0.0619 e. The van der Waals surface area contributed by atoms with Crippen LogP contribution in [-0.2, 0) is 5.41 Å². The maximum Gasteiger partial charge on any atom is 0.0246 e. The Kier molecular flexibility index (Phi) is 2.18. The van der Waals surface area contributed by atoms with Gasteiger partial charge in [-0.05, 0) is 65.5 Å². The maximum absolute atomic E-state index is 3.65. The number of rotatable bonds is 0. The molecule has 2 bridgehead atoms. The van der Waals surface area contributed by atoms with Crippen molar-refractivity contribution in [3.8, 4) is 11.1 Å². The first-order valence-electron chi connectivity index (χ1n) is 7.69. The highest BCUT2D eigenvalue weighted by atomic mass is 79.9. The van der Waals surface area contributed by atoms with Crippen molar-refractivity contribution in [2.45, 2.75) is 31.1 Å². The third kappa shape index (κ3) is 1.24. The van der Waals surface area contributed by atoms with Crippen LogP contribution in [0, 0.1) is 11.8 Å². The molecule has 0 amide bonds. The highest BCUT2D eigenvalue weighted by Crippen LogP contribution is 2.65. The van der Waals surface area contributed by atoms with Crippen molar-refractivity contribution in [2.24, 2.45) is 11.8 Å². The molecule has 20 heavy (non-hydrogen) atoms. The summed E-state index contributed by atoms with van der Waals surface area (Å²) in [6.45, 7) is 0. The van der Waals surface area contributed by atoms with Gasteiger partial charge in [-0.2, -0.15) is 0 Å². The molecule has 3 aliphatic carbocycles. The fourth-order valence-electron chi connectivity index (χ4n) is 5.37. The zero-order chi connectivity index (χ0) is 13.3. The van der Waals surface area contributed by atoms with Crippen molar-refractivity contribution in [3.63, 3.8) is 0 Å². The summed E-state index contributed by atoms with van der Waals surface area (Å²) in [5, 5.41) is 0. The number of fused-ring (bicyclic) bond motifs is 8. The Labute approximate surface area is 128 Å². The maximum atomic E-state index is 3.65. The van der Waals surface area contributed by atoms with Gasteiger partial charge in [-0.1, -0.05) is 52.7 Å². The van der Waals surface area contributed by atoms with Crippen LogP contribution in [0.4, 0.5) is 0 Å². The average Bonchev–Trinajstić information content (AvgIpc) is 3.14. The molecule has 3 atom stereocenters. The van der Waals surface area contributed by atoms with Crippen LogP contribution in [0.2, 0.25) is 0 Å².